The van der Waals surface area contributed by atoms with E-state index in [0.29, 0.717) is 5.92 Å². The third-order valence-electron chi connectivity index (χ3n) is 2.01. The molecule has 0 amide bonds. The van der Waals surface area contributed by atoms with Gasteiger partial charge in [0, 0.05) is 38.6 Å². The molecule has 1 heterocycles. The minimum absolute atomic E-state index is 0.498. The average molecular weight is 182 g/mol. The van der Waals surface area contributed by atoms with E-state index in [1.807, 2.05) is 12.4 Å². The largest absolute Gasteiger partial charge is 0.385 e. The summed E-state index contributed by atoms with van der Waals surface area (Å²) >= 11 is 0. The quantitative estimate of drug-likeness (QED) is 0.652. The lowest BCUT2D eigenvalue weighted by atomic mass is 10.2. The second-order valence-electron chi connectivity index (χ2n) is 3.48. The van der Waals surface area contributed by atoms with Gasteiger partial charge in [-0.15, -0.1) is 0 Å². The van der Waals surface area contributed by atoms with E-state index in [1.165, 1.54) is 0 Å². The van der Waals surface area contributed by atoms with Crippen LogP contribution in [0.3, 0.4) is 0 Å². The first kappa shape index (κ1) is 10.3. The summed E-state index contributed by atoms with van der Waals surface area (Å²) in [7, 11) is 1.73. The summed E-state index contributed by atoms with van der Waals surface area (Å²) in [4.78, 5) is 4.32. The van der Waals surface area contributed by atoms with Crippen LogP contribution < -0.4 is 0 Å². The zero-order valence-corrected chi connectivity index (χ0v) is 8.66. The van der Waals surface area contributed by atoms with Gasteiger partial charge in [0.25, 0.3) is 0 Å². The van der Waals surface area contributed by atoms with Crippen LogP contribution >= 0.6 is 0 Å². The fourth-order valence-electron chi connectivity index (χ4n) is 1.39. The zero-order valence-electron chi connectivity index (χ0n) is 8.66. The van der Waals surface area contributed by atoms with Gasteiger partial charge < -0.3 is 9.30 Å². The number of hydrogen-bond donors (Lipinski definition) is 0. The van der Waals surface area contributed by atoms with Crippen molar-refractivity contribution in [3.05, 3.63) is 18.2 Å². The standard InChI is InChI=1S/C10H18N2O/c1-9(2)10-11-5-7-12(10)6-4-8-13-3/h5,7,9H,4,6,8H2,1-3H3. The Balaban J connectivity index is 2.50. The highest BCUT2D eigenvalue weighted by Gasteiger charge is 2.05. The van der Waals surface area contributed by atoms with Crippen molar-refractivity contribution in [3.8, 4) is 0 Å². The molecule has 0 atom stereocenters. The first-order valence-electron chi connectivity index (χ1n) is 4.75. The Morgan fingerprint density at radius 2 is 2.31 bits per heavy atom. The monoisotopic (exact) mass is 182 g/mol. The van der Waals surface area contributed by atoms with Crippen molar-refractivity contribution >= 4 is 0 Å². The van der Waals surface area contributed by atoms with E-state index in [-0.39, 0.29) is 0 Å². The van der Waals surface area contributed by atoms with Crippen LogP contribution in [0.25, 0.3) is 0 Å². The summed E-state index contributed by atoms with van der Waals surface area (Å²) in [6.45, 7) is 6.14. The van der Waals surface area contributed by atoms with Crippen LogP contribution in [0.5, 0.6) is 0 Å². The van der Waals surface area contributed by atoms with Crippen LogP contribution in [0, 0.1) is 0 Å². The van der Waals surface area contributed by atoms with E-state index in [4.69, 9.17) is 4.74 Å². The van der Waals surface area contributed by atoms with Gasteiger partial charge >= 0.3 is 0 Å². The summed E-state index contributed by atoms with van der Waals surface area (Å²) < 4.78 is 7.20. The summed E-state index contributed by atoms with van der Waals surface area (Å²) in [5.41, 5.74) is 0. The Morgan fingerprint density at radius 3 is 2.92 bits per heavy atom. The van der Waals surface area contributed by atoms with E-state index in [2.05, 4.69) is 23.4 Å². The van der Waals surface area contributed by atoms with Crippen molar-refractivity contribution < 1.29 is 4.74 Å². The molecule has 74 valence electrons. The van der Waals surface area contributed by atoms with E-state index in [0.717, 1.165) is 25.4 Å². The lowest BCUT2D eigenvalue weighted by Crippen LogP contribution is -2.06. The molecule has 0 aromatic carbocycles. The summed E-state index contributed by atoms with van der Waals surface area (Å²) in [5.74, 6) is 1.66. The number of aryl methyl sites for hydroxylation is 1. The number of ether oxygens (including phenoxy) is 1. The van der Waals surface area contributed by atoms with Gasteiger partial charge in [-0.1, -0.05) is 13.8 Å². The summed E-state index contributed by atoms with van der Waals surface area (Å²) in [5, 5.41) is 0. The van der Waals surface area contributed by atoms with Crippen molar-refractivity contribution in [1.82, 2.24) is 9.55 Å². The number of hydrogen-bond acceptors (Lipinski definition) is 2. The minimum Gasteiger partial charge on any atom is -0.385 e. The lowest BCUT2D eigenvalue weighted by Gasteiger charge is -2.09. The average Bonchev–Trinajstić information content (AvgIpc) is 2.53. The van der Waals surface area contributed by atoms with Crippen molar-refractivity contribution in [1.29, 1.82) is 0 Å². The van der Waals surface area contributed by atoms with Crippen LogP contribution in [0.2, 0.25) is 0 Å². The number of nitrogens with zero attached hydrogens (tertiary/aromatic N) is 2. The summed E-state index contributed by atoms with van der Waals surface area (Å²) in [6.07, 6.45) is 4.94. The second kappa shape index (κ2) is 5.02. The number of imidazole rings is 1. The van der Waals surface area contributed by atoms with Gasteiger partial charge in [-0.05, 0) is 6.42 Å². The predicted molar refractivity (Wildman–Crippen MR) is 52.8 cm³/mol. The third kappa shape index (κ3) is 2.84. The van der Waals surface area contributed by atoms with Gasteiger partial charge in [0.2, 0.25) is 0 Å². The third-order valence-corrected chi connectivity index (χ3v) is 2.01. The molecule has 0 N–H and O–H groups in total. The van der Waals surface area contributed by atoms with Crippen molar-refractivity contribution in [2.75, 3.05) is 13.7 Å². The van der Waals surface area contributed by atoms with Gasteiger partial charge in [0.1, 0.15) is 5.82 Å². The predicted octanol–water partition coefficient (Wildman–Crippen LogP) is 2.04. The fourth-order valence-corrected chi connectivity index (χ4v) is 1.39. The molecule has 0 unspecified atom stereocenters. The maximum atomic E-state index is 5.01. The molecular formula is C10H18N2O. The highest BCUT2D eigenvalue weighted by molar-refractivity contribution is 4.97. The highest BCUT2D eigenvalue weighted by Crippen LogP contribution is 2.11. The Hall–Kier alpha value is -0.830. The molecule has 0 aliphatic rings. The molecule has 0 bridgehead atoms. The van der Waals surface area contributed by atoms with Crippen LogP contribution in [-0.2, 0) is 11.3 Å². The molecule has 0 saturated carbocycles. The number of methoxy groups -OCH3 is 1. The van der Waals surface area contributed by atoms with Crippen LogP contribution in [0.15, 0.2) is 12.4 Å². The van der Waals surface area contributed by atoms with E-state index >= 15 is 0 Å². The molecular weight excluding hydrogens is 164 g/mol. The smallest absolute Gasteiger partial charge is 0.111 e. The normalized spacial score (nSPS) is 11.1. The Morgan fingerprint density at radius 1 is 1.54 bits per heavy atom. The first-order chi connectivity index (χ1) is 6.25. The van der Waals surface area contributed by atoms with Crippen LogP contribution in [-0.4, -0.2) is 23.3 Å². The molecule has 3 nitrogen and oxygen atoms in total. The zero-order chi connectivity index (χ0) is 9.68. The van der Waals surface area contributed by atoms with E-state index in [9.17, 15) is 0 Å². The van der Waals surface area contributed by atoms with Gasteiger partial charge in [0.05, 0.1) is 0 Å². The molecule has 0 aliphatic heterocycles. The van der Waals surface area contributed by atoms with Gasteiger partial charge in [-0.2, -0.15) is 0 Å². The molecule has 0 radical (unpaired) electrons. The van der Waals surface area contributed by atoms with E-state index in [1.54, 1.807) is 7.11 Å². The minimum atomic E-state index is 0.498. The number of rotatable bonds is 5. The summed E-state index contributed by atoms with van der Waals surface area (Å²) in [6, 6.07) is 0. The van der Waals surface area contributed by atoms with Gasteiger partial charge in [0.15, 0.2) is 0 Å². The topological polar surface area (TPSA) is 27.1 Å². The molecule has 13 heavy (non-hydrogen) atoms. The highest BCUT2D eigenvalue weighted by atomic mass is 16.5. The molecule has 1 aromatic heterocycles. The molecule has 3 heteroatoms. The maximum absolute atomic E-state index is 5.01. The second-order valence-corrected chi connectivity index (χ2v) is 3.48. The van der Waals surface area contributed by atoms with E-state index < -0.39 is 0 Å². The van der Waals surface area contributed by atoms with Crippen LogP contribution in [0.4, 0.5) is 0 Å². The van der Waals surface area contributed by atoms with Crippen molar-refractivity contribution in [2.24, 2.45) is 0 Å². The van der Waals surface area contributed by atoms with Gasteiger partial charge in [-0.25, -0.2) is 4.98 Å². The lowest BCUT2D eigenvalue weighted by molar-refractivity contribution is 0.190. The number of aromatic nitrogens is 2. The molecule has 1 aromatic rings. The van der Waals surface area contributed by atoms with Crippen molar-refractivity contribution in [2.45, 2.75) is 32.7 Å². The van der Waals surface area contributed by atoms with Gasteiger partial charge in [-0.3, -0.25) is 0 Å². The maximum Gasteiger partial charge on any atom is 0.111 e. The molecule has 0 spiro atoms. The Bertz CT molecular complexity index is 243. The van der Waals surface area contributed by atoms with Crippen molar-refractivity contribution in [3.63, 3.8) is 0 Å². The molecule has 1 rings (SSSR count). The fraction of sp³-hybridized carbons (Fsp3) is 0.700. The Labute approximate surface area is 79.7 Å². The SMILES string of the molecule is COCCCn1ccnc1C(C)C. The first-order valence-corrected chi connectivity index (χ1v) is 4.75. The Kier molecular flexibility index (Phi) is 3.96. The van der Waals surface area contributed by atoms with Crippen LogP contribution in [0.1, 0.15) is 32.0 Å². The molecule has 0 saturated heterocycles. The molecule has 0 aliphatic carbocycles. The molecule has 0 fully saturated rings.